The van der Waals surface area contributed by atoms with Crippen molar-refractivity contribution in [3.05, 3.63) is 34.6 Å². The Hall–Kier alpha value is -1.09. The number of hydrogen-bond donors (Lipinski definition) is 0. The Kier molecular flexibility index (Phi) is 3.97. The number of fused-ring (bicyclic) bond motifs is 1. The Morgan fingerprint density at radius 2 is 1.95 bits per heavy atom. The number of halogens is 2. The highest BCUT2D eigenvalue weighted by molar-refractivity contribution is 6.31. The minimum atomic E-state index is -0.475. The average Bonchev–Trinajstić information content (AvgIpc) is 2.48. The second-order valence-corrected chi connectivity index (χ2v) is 6.31. The number of rotatable bonds is 1. The van der Waals surface area contributed by atoms with E-state index in [0.717, 1.165) is 19.4 Å². The Morgan fingerprint density at radius 3 is 2.80 bits per heavy atom. The van der Waals surface area contributed by atoms with Gasteiger partial charge in [0.2, 0.25) is 0 Å². The van der Waals surface area contributed by atoms with E-state index in [0.29, 0.717) is 17.0 Å². The molecule has 0 N–H and O–H groups in total. The Bertz CT molecular complexity index is 517. The Morgan fingerprint density at radius 1 is 1.20 bits per heavy atom. The van der Waals surface area contributed by atoms with Crippen molar-refractivity contribution in [3.8, 4) is 0 Å². The fraction of sp³-hybridized carbons (Fsp3) is 0.562. The van der Waals surface area contributed by atoms with Gasteiger partial charge in [0.05, 0.1) is 5.56 Å². The maximum Gasteiger partial charge on any atom is 0.257 e. The molecule has 1 aliphatic carbocycles. The molecule has 20 heavy (non-hydrogen) atoms. The third-order valence-corrected chi connectivity index (χ3v) is 4.90. The van der Waals surface area contributed by atoms with Crippen molar-refractivity contribution in [1.29, 1.82) is 0 Å². The van der Waals surface area contributed by atoms with Crippen LogP contribution < -0.4 is 0 Å². The number of benzene rings is 1. The Labute approximate surface area is 123 Å². The highest BCUT2D eigenvalue weighted by Crippen LogP contribution is 2.36. The van der Waals surface area contributed by atoms with E-state index in [4.69, 9.17) is 11.6 Å². The standard InChI is InChI=1S/C16H19ClFNO/c17-12-7-8-14(18)13(10-12)16(20)19-9-3-5-11-4-1-2-6-15(11)19/h7-8,10-11,15H,1-6,9H2/t11-,15-/m1/s1. The van der Waals surface area contributed by atoms with Gasteiger partial charge in [0, 0.05) is 17.6 Å². The summed E-state index contributed by atoms with van der Waals surface area (Å²) in [4.78, 5) is 14.5. The molecule has 3 rings (SSSR count). The minimum Gasteiger partial charge on any atom is -0.335 e. The van der Waals surface area contributed by atoms with Crippen molar-refractivity contribution in [2.45, 2.75) is 44.6 Å². The molecule has 1 aromatic carbocycles. The van der Waals surface area contributed by atoms with E-state index < -0.39 is 5.82 Å². The fourth-order valence-electron chi connectivity index (χ4n) is 3.69. The maximum atomic E-state index is 13.9. The van der Waals surface area contributed by atoms with Crippen LogP contribution in [0.5, 0.6) is 0 Å². The Balaban J connectivity index is 1.87. The first-order chi connectivity index (χ1) is 9.66. The van der Waals surface area contributed by atoms with Crippen LogP contribution in [-0.4, -0.2) is 23.4 Å². The number of carbonyl (C=O) groups excluding carboxylic acids is 1. The van der Waals surface area contributed by atoms with Gasteiger partial charge in [0.1, 0.15) is 5.82 Å². The molecule has 0 radical (unpaired) electrons. The van der Waals surface area contributed by atoms with Crippen molar-refractivity contribution in [2.24, 2.45) is 5.92 Å². The monoisotopic (exact) mass is 295 g/mol. The first kappa shape index (κ1) is 13.9. The normalized spacial score (nSPS) is 26.2. The SMILES string of the molecule is O=C(c1cc(Cl)ccc1F)N1CCC[C@H]2CCCC[C@H]21. The second-order valence-electron chi connectivity index (χ2n) is 5.88. The number of hydrogen-bond acceptors (Lipinski definition) is 1. The van der Waals surface area contributed by atoms with Gasteiger partial charge in [-0.2, -0.15) is 0 Å². The van der Waals surface area contributed by atoms with Crippen LogP contribution in [0.2, 0.25) is 5.02 Å². The summed E-state index contributed by atoms with van der Waals surface area (Å²) in [7, 11) is 0. The minimum absolute atomic E-state index is 0.115. The zero-order chi connectivity index (χ0) is 14.1. The van der Waals surface area contributed by atoms with E-state index in [-0.39, 0.29) is 11.5 Å². The molecular formula is C16H19ClFNO. The van der Waals surface area contributed by atoms with Gasteiger partial charge in [0.15, 0.2) is 0 Å². The third kappa shape index (κ3) is 2.56. The summed E-state index contributed by atoms with van der Waals surface area (Å²) in [5, 5.41) is 0.409. The van der Waals surface area contributed by atoms with Gasteiger partial charge in [0.25, 0.3) is 5.91 Å². The first-order valence-corrected chi connectivity index (χ1v) is 7.80. The van der Waals surface area contributed by atoms with Crippen LogP contribution >= 0.6 is 11.6 Å². The third-order valence-electron chi connectivity index (χ3n) is 4.66. The molecular weight excluding hydrogens is 277 g/mol. The largest absolute Gasteiger partial charge is 0.335 e. The van der Waals surface area contributed by atoms with Gasteiger partial charge in [-0.05, 0) is 49.8 Å². The van der Waals surface area contributed by atoms with Crippen LogP contribution in [-0.2, 0) is 0 Å². The zero-order valence-electron chi connectivity index (χ0n) is 11.4. The molecule has 1 aromatic rings. The van der Waals surface area contributed by atoms with E-state index in [1.165, 1.54) is 43.9 Å². The van der Waals surface area contributed by atoms with Crippen LogP contribution in [0.25, 0.3) is 0 Å². The number of likely N-dealkylation sites (tertiary alicyclic amines) is 1. The highest BCUT2D eigenvalue weighted by atomic mass is 35.5. The maximum absolute atomic E-state index is 13.9. The first-order valence-electron chi connectivity index (χ1n) is 7.43. The predicted molar refractivity (Wildman–Crippen MR) is 77.4 cm³/mol. The van der Waals surface area contributed by atoms with Crippen molar-refractivity contribution >= 4 is 17.5 Å². The molecule has 108 valence electrons. The number of amides is 1. The molecule has 1 saturated carbocycles. The summed E-state index contributed by atoms with van der Waals surface area (Å²) in [6.07, 6.45) is 6.91. The number of carbonyl (C=O) groups is 1. The molecule has 1 saturated heterocycles. The average molecular weight is 296 g/mol. The summed E-state index contributed by atoms with van der Waals surface area (Å²) in [6, 6.07) is 4.50. The van der Waals surface area contributed by atoms with E-state index in [1.54, 1.807) is 0 Å². The van der Waals surface area contributed by atoms with Crippen molar-refractivity contribution in [2.75, 3.05) is 6.54 Å². The van der Waals surface area contributed by atoms with Crippen LogP contribution in [0.15, 0.2) is 18.2 Å². The molecule has 1 heterocycles. The van der Waals surface area contributed by atoms with Gasteiger partial charge in [-0.1, -0.05) is 24.4 Å². The summed E-state index contributed by atoms with van der Waals surface area (Å²) in [5.41, 5.74) is 0.115. The molecule has 1 amide bonds. The molecule has 2 fully saturated rings. The topological polar surface area (TPSA) is 20.3 Å². The lowest BCUT2D eigenvalue weighted by Crippen LogP contribution is -2.49. The molecule has 0 unspecified atom stereocenters. The highest BCUT2D eigenvalue weighted by Gasteiger charge is 2.36. The smallest absolute Gasteiger partial charge is 0.257 e. The molecule has 0 bridgehead atoms. The molecule has 1 aliphatic heterocycles. The van der Waals surface area contributed by atoms with E-state index >= 15 is 0 Å². The van der Waals surface area contributed by atoms with Crippen molar-refractivity contribution < 1.29 is 9.18 Å². The lowest BCUT2D eigenvalue weighted by Gasteiger charge is -2.44. The second kappa shape index (κ2) is 5.72. The lowest BCUT2D eigenvalue weighted by molar-refractivity contribution is 0.0386. The molecule has 4 heteroatoms. The lowest BCUT2D eigenvalue weighted by atomic mass is 9.78. The van der Waals surface area contributed by atoms with Gasteiger partial charge >= 0.3 is 0 Å². The fourth-order valence-corrected chi connectivity index (χ4v) is 3.87. The van der Waals surface area contributed by atoms with E-state index in [9.17, 15) is 9.18 Å². The van der Waals surface area contributed by atoms with Gasteiger partial charge in [-0.3, -0.25) is 4.79 Å². The predicted octanol–water partition coefficient (Wildman–Crippen LogP) is 4.27. The van der Waals surface area contributed by atoms with Gasteiger partial charge < -0.3 is 4.90 Å². The molecule has 2 atom stereocenters. The summed E-state index contributed by atoms with van der Waals surface area (Å²) in [6.45, 7) is 0.742. The molecule has 2 aliphatic rings. The number of nitrogens with zero attached hydrogens (tertiary/aromatic N) is 1. The van der Waals surface area contributed by atoms with Gasteiger partial charge in [-0.25, -0.2) is 4.39 Å². The molecule has 0 aromatic heterocycles. The van der Waals surface area contributed by atoms with E-state index in [2.05, 4.69) is 0 Å². The summed E-state index contributed by atoms with van der Waals surface area (Å²) < 4.78 is 13.9. The van der Waals surface area contributed by atoms with Gasteiger partial charge in [-0.15, -0.1) is 0 Å². The number of piperidine rings is 1. The summed E-state index contributed by atoms with van der Waals surface area (Å²) >= 11 is 5.90. The quantitative estimate of drug-likeness (QED) is 0.757. The zero-order valence-corrected chi connectivity index (χ0v) is 12.2. The van der Waals surface area contributed by atoms with Crippen molar-refractivity contribution in [3.63, 3.8) is 0 Å². The summed E-state index contributed by atoms with van der Waals surface area (Å²) in [5.74, 6) is -0.0670. The molecule has 0 spiro atoms. The molecule has 2 nitrogen and oxygen atoms in total. The van der Waals surface area contributed by atoms with Crippen LogP contribution in [0.1, 0.15) is 48.9 Å². The van der Waals surface area contributed by atoms with E-state index in [1.807, 2.05) is 4.90 Å². The van der Waals surface area contributed by atoms with Crippen molar-refractivity contribution in [1.82, 2.24) is 4.90 Å². The van der Waals surface area contributed by atoms with Crippen LogP contribution in [0.4, 0.5) is 4.39 Å². The van der Waals surface area contributed by atoms with Crippen LogP contribution in [0, 0.1) is 11.7 Å². The van der Waals surface area contributed by atoms with Crippen LogP contribution in [0.3, 0.4) is 0 Å².